The molecule has 0 aromatic heterocycles. The zero-order valence-corrected chi connectivity index (χ0v) is 19.1. The van der Waals surface area contributed by atoms with E-state index in [1.54, 1.807) is 0 Å². The van der Waals surface area contributed by atoms with Gasteiger partial charge in [-0.05, 0) is 92.3 Å². The SMILES string of the molecule is C[C@H]1C2C(CC3C4CC=C5C[C@@H](O)CC[C@]5(C)C4CC[C@@]32C)O[C@]1(O)CCCCO. The second-order valence-corrected chi connectivity index (χ2v) is 11.9. The number of fused-ring (bicyclic) bond motifs is 7. The molecule has 10 atom stereocenters. The maximum absolute atomic E-state index is 11.3. The highest BCUT2D eigenvalue weighted by Gasteiger charge is 2.67. The molecule has 5 unspecified atom stereocenters. The van der Waals surface area contributed by atoms with Gasteiger partial charge in [-0.25, -0.2) is 0 Å². The van der Waals surface area contributed by atoms with E-state index < -0.39 is 5.79 Å². The smallest absolute Gasteiger partial charge is 0.168 e. The molecule has 4 aliphatic carbocycles. The fraction of sp³-hybridized carbons (Fsp3) is 0.923. The Bertz CT molecular complexity index is 705. The molecule has 3 saturated carbocycles. The lowest BCUT2D eigenvalue weighted by atomic mass is 9.47. The van der Waals surface area contributed by atoms with E-state index >= 15 is 0 Å². The molecule has 5 aliphatic rings. The number of rotatable bonds is 4. The van der Waals surface area contributed by atoms with E-state index in [1.807, 2.05) is 0 Å². The van der Waals surface area contributed by atoms with Crippen molar-refractivity contribution >= 4 is 0 Å². The molecule has 0 amide bonds. The summed E-state index contributed by atoms with van der Waals surface area (Å²) in [6, 6.07) is 0. The normalized spacial score (nSPS) is 54.7. The van der Waals surface area contributed by atoms with E-state index in [9.17, 15) is 10.2 Å². The first-order valence-electron chi connectivity index (χ1n) is 12.6. The lowest BCUT2D eigenvalue weighted by Gasteiger charge is -2.58. The molecule has 1 heterocycles. The Hall–Kier alpha value is -0.420. The van der Waals surface area contributed by atoms with Crippen molar-refractivity contribution in [1.29, 1.82) is 0 Å². The number of hydrogen-bond donors (Lipinski definition) is 3. The van der Waals surface area contributed by atoms with E-state index in [1.165, 1.54) is 18.4 Å². The quantitative estimate of drug-likeness (QED) is 0.467. The van der Waals surface area contributed by atoms with Crippen molar-refractivity contribution in [3.8, 4) is 0 Å². The van der Waals surface area contributed by atoms with Gasteiger partial charge in [0, 0.05) is 18.9 Å². The van der Waals surface area contributed by atoms with Gasteiger partial charge in [0.15, 0.2) is 5.79 Å². The third-order valence-corrected chi connectivity index (χ3v) is 10.7. The van der Waals surface area contributed by atoms with Gasteiger partial charge in [-0.2, -0.15) is 0 Å². The maximum Gasteiger partial charge on any atom is 0.168 e. The minimum absolute atomic E-state index is 0.140. The van der Waals surface area contributed by atoms with Gasteiger partial charge < -0.3 is 20.1 Å². The van der Waals surface area contributed by atoms with Crippen molar-refractivity contribution in [1.82, 2.24) is 0 Å². The molecule has 30 heavy (non-hydrogen) atoms. The Morgan fingerprint density at radius 2 is 1.93 bits per heavy atom. The highest BCUT2D eigenvalue weighted by Crippen LogP contribution is 2.70. The van der Waals surface area contributed by atoms with Crippen LogP contribution in [0.1, 0.15) is 85.0 Å². The van der Waals surface area contributed by atoms with E-state index in [0.29, 0.717) is 18.3 Å². The van der Waals surface area contributed by atoms with Crippen LogP contribution in [0.5, 0.6) is 0 Å². The summed E-state index contributed by atoms with van der Waals surface area (Å²) in [6.07, 6.45) is 12.5. The van der Waals surface area contributed by atoms with Crippen LogP contribution < -0.4 is 0 Å². The highest BCUT2D eigenvalue weighted by atomic mass is 16.6. The average molecular weight is 419 g/mol. The molecular formula is C26H42O4. The van der Waals surface area contributed by atoms with Gasteiger partial charge in [0.25, 0.3) is 0 Å². The van der Waals surface area contributed by atoms with Gasteiger partial charge in [0.2, 0.25) is 0 Å². The summed E-state index contributed by atoms with van der Waals surface area (Å²) in [7, 11) is 0. The van der Waals surface area contributed by atoms with Crippen LogP contribution in [0.3, 0.4) is 0 Å². The first-order valence-corrected chi connectivity index (χ1v) is 12.6. The first kappa shape index (κ1) is 21.4. The molecule has 5 rings (SSSR count). The molecule has 0 radical (unpaired) electrons. The van der Waals surface area contributed by atoms with E-state index in [4.69, 9.17) is 9.84 Å². The lowest BCUT2D eigenvalue weighted by molar-refractivity contribution is -0.219. The van der Waals surface area contributed by atoms with E-state index in [0.717, 1.165) is 56.8 Å². The lowest BCUT2D eigenvalue weighted by Crippen LogP contribution is -2.51. The largest absolute Gasteiger partial charge is 0.396 e. The van der Waals surface area contributed by atoms with Gasteiger partial charge in [-0.15, -0.1) is 0 Å². The third kappa shape index (κ3) is 2.93. The van der Waals surface area contributed by atoms with Gasteiger partial charge in [0.05, 0.1) is 12.2 Å². The van der Waals surface area contributed by atoms with Gasteiger partial charge in [-0.3, -0.25) is 0 Å². The van der Waals surface area contributed by atoms with E-state index in [2.05, 4.69) is 26.8 Å². The second-order valence-electron chi connectivity index (χ2n) is 11.9. The highest BCUT2D eigenvalue weighted by molar-refractivity contribution is 5.26. The predicted octanol–water partition coefficient (Wildman–Crippen LogP) is 4.42. The number of aliphatic hydroxyl groups is 3. The second kappa shape index (κ2) is 7.30. The average Bonchev–Trinajstić information content (AvgIpc) is 3.13. The summed E-state index contributed by atoms with van der Waals surface area (Å²) in [5.74, 6) is 1.71. The van der Waals surface area contributed by atoms with Crippen LogP contribution in [0.15, 0.2) is 11.6 Å². The Labute approximate surface area is 182 Å². The molecule has 4 heteroatoms. The molecular weight excluding hydrogens is 376 g/mol. The van der Waals surface area contributed by atoms with E-state index in [-0.39, 0.29) is 35.6 Å². The molecule has 1 saturated heterocycles. The zero-order valence-electron chi connectivity index (χ0n) is 19.1. The maximum atomic E-state index is 11.3. The van der Waals surface area contributed by atoms with Gasteiger partial charge in [0.1, 0.15) is 0 Å². The van der Waals surface area contributed by atoms with Crippen LogP contribution in [0.2, 0.25) is 0 Å². The fourth-order valence-electron chi connectivity index (χ4n) is 9.11. The summed E-state index contributed by atoms with van der Waals surface area (Å²) in [6.45, 7) is 7.39. The molecule has 0 bridgehead atoms. The first-order chi connectivity index (χ1) is 14.2. The Kier molecular flexibility index (Phi) is 5.21. The Balaban J connectivity index is 1.38. The Morgan fingerprint density at radius 3 is 2.70 bits per heavy atom. The number of hydrogen-bond acceptors (Lipinski definition) is 4. The summed E-state index contributed by atoms with van der Waals surface area (Å²) < 4.78 is 6.44. The van der Waals surface area contributed by atoms with Crippen LogP contribution in [-0.2, 0) is 4.74 Å². The molecule has 3 N–H and O–H groups in total. The predicted molar refractivity (Wildman–Crippen MR) is 117 cm³/mol. The number of aliphatic hydroxyl groups excluding tert-OH is 2. The Morgan fingerprint density at radius 1 is 1.13 bits per heavy atom. The molecule has 4 nitrogen and oxygen atoms in total. The summed E-state index contributed by atoms with van der Waals surface area (Å²) in [5.41, 5.74) is 2.06. The minimum atomic E-state index is -1.01. The van der Waals surface area contributed by atoms with Crippen molar-refractivity contribution in [2.24, 2.45) is 40.4 Å². The monoisotopic (exact) mass is 418 g/mol. The zero-order chi connectivity index (χ0) is 21.3. The van der Waals surface area contributed by atoms with Crippen LogP contribution in [0.4, 0.5) is 0 Å². The number of unbranched alkanes of at least 4 members (excludes halogenated alkanes) is 1. The van der Waals surface area contributed by atoms with Crippen molar-refractivity contribution in [2.75, 3.05) is 6.61 Å². The molecule has 0 spiro atoms. The standard InChI is InChI=1S/C26H42O4/c1-16-23-22(30-26(16,29)10-4-5-13-27)15-21-19-7-6-17-14-18(28)8-11-24(17,2)20(19)9-12-25(21,23)3/h6,16,18-23,27-29H,4-5,7-15H2,1-3H3/t16-,18-,19?,20?,21?,22?,23?,24-,25-,26+/m0/s1. The van der Waals surface area contributed by atoms with Gasteiger partial charge >= 0.3 is 0 Å². The topological polar surface area (TPSA) is 69.9 Å². The van der Waals surface area contributed by atoms with Crippen LogP contribution in [-0.4, -0.2) is 39.9 Å². The van der Waals surface area contributed by atoms with Crippen molar-refractivity contribution < 1.29 is 20.1 Å². The summed E-state index contributed by atoms with van der Waals surface area (Å²) in [4.78, 5) is 0. The summed E-state index contributed by atoms with van der Waals surface area (Å²) in [5, 5.41) is 30.7. The summed E-state index contributed by atoms with van der Waals surface area (Å²) >= 11 is 0. The number of ether oxygens (including phenoxy) is 1. The van der Waals surface area contributed by atoms with Crippen molar-refractivity contribution in [3.63, 3.8) is 0 Å². The minimum Gasteiger partial charge on any atom is -0.396 e. The van der Waals surface area contributed by atoms with Crippen LogP contribution in [0, 0.1) is 40.4 Å². The fourth-order valence-corrected chi connectivity index (χ4v) is 9.11. The van der Waals surface area contributed by atoms with Crippen molar-refractivity contribution in [3.05, 3.63) is 11.6 Å². The molecule has 1 aliphatic heterocycles. The van der Waals surface area contributed by atoms with Crippen LogP contribution in [0.25, 0.3) is 0 Å². The molecule has 0 aromatic rings. The van der Waals surface area contributed by atoms with Gasteiger partial charge in [-0.1, -0.05) is 32.4 Å². The third-order valence-electron chi connectivity index (χ3n) is 10.7. The van der Waals surface area contributed by atoms with Crippen molar-refractivity contribution in [2.45, 2.75) is 103 Å². The molecule has 170 valence electrons. The molecule has 0 aromatic carbocycles. The molecule has 4 fully saturated rings. The number of allylic oxidation sites excluding steroid dienone is 1. The van der Waals surface area contributed by atoms with Crippen LogP contribution >= 0.6 is 0 Å².